The molecule has 1 heterocycles. The van der Waals surface area contributed by atoms with Gasteiger partial charge in [0.15, 0.2) is 0 Å². The van der Waals surface area contributed by atoms with Crippen molar-refractivity contribution >= 4 is 11.6 Å². The van der Waals surface area contributed by atoms with E-state index in [0.29, 0.717) is 6.54 Å². The minimum Gasteiger partial charge on any atom is -0.317 e. The molecule has 1 aliphatic rings. The smallest absolute Gasteiger partial charge is 0.247 e. The first kappa shape index (κ1) is 10.1. The Balaban J connectivity index is 2.21. The van der Waals surface area contributed by atoms with Crippen LogP contribution in [0.4, 0.5) is 5.69 Å². The lowest BCUT2D eigenvalue weighted by Crippen LogP contribution is -2.45. The van der Waals surface area contributed by atoms with Crippen molar-refractivity contribution in [2.75, 3.05) is 11.4 Å². The molecule has 1 aromatic heterocycles. The average molecular weight is 205 g/mol. The van der Waals surface area contributed by atoms with Crippen LogP contribution >= 0.6 is 0 Å². The van der Waals surface area contributed by atoms with Gasteiger partial charge >= 0.3 is 0 Å². The maximum atomic E-state index is 12.0. The molecule has 1 aliphatic carbocycles. The van der Waals surface area contributed by atoms with Gasteiger partial charge in [-0.3, -0.25) is 9.78 Å². The Labute approximate surface area is 89.1 Å². The minimum atomic E-state index is -0.598. The first-order valence-electron chi connectivity index (χ1n) is 5.18. The van der Waals surface area contributed by atoms with Gasteiger partial charge in [0.05, 0.1) is 5.54 Å². The highest BCUT2D eigenvalue weighted by atomic mass is 16.2. The summed E-state index contributed by atoms with van der Waals surface area (Å²) in [6.45, 7) is 2.59. The number of hydrogen-bond acceptors (Lipinski definition) is 3. The summed E-state index contributed by atoms with van der Waals surface area (Å²) in [6.07, 6.45) is 4.96. The predicted octanol–water partition coefficient (Wildman–Crippen LogP) is 0.926. The third kappa shape index (κ3) is 1.85. The normalized spacial score (nSPS) is 17.2. The number of pyridine rings is 1. The van der Waals surface area contributed by atoms with Crippen molar-refractivity contribution in [3.63, 3.8) is 0 Å². The number of anilines is 1. The fraction of sp³-hybridized carbons (Fsp3) is 0.455. The van der Waals surface area contributed by atoms with Crippen molar-refractivity contribution in [3.05, 3.63) is 24.5 Å². The van der Waals surface area contributed by atoms with E-state index in [0.717, 1.165) is 18.5 Å². The Hall–Kier alpha value is -1.42. The molecule has 2 rings (SSSR count). The second-order valence-corrected chi connectivity index (χ2v) is 3.91. The van der Waals surface area contributed by atoms with Crippen LogP contribution in [0.2, 0.25) is 0 Å². The van der Waals surface area contributed by atoms with E-state index in [4.69, 9.17) is 5.73 Å². The fourth-order valence-electron chi connectivity index (χ4n) is 1.58. The number of amides is 1. The molecule has 0 unspecified atom stereocenters. The van der Waals surface area contributed by atoms with E-state index < -0.39 is 5.54 Å². The number of aromatic nitrogens is 1. The molecule has 2 N–H and O–H groups in total. The van der Waals surface area contributed by atoms with Crippen molar-refractivity contribution in [2.24, 2.45) is 5.73 Å². The molecule has 1 aromatic rings. The molecule has 80 valence electrons. The quantitative estimate of drug-likeness (QED) is 0.798. The molecule has 0 saturated heterocycles. The average Bonchev–Trinajstić information content (AvgIpc) is 3.00. The van der Waals surface area contributed by atoms with Crippen LogP contribution in [0.25, 0.3) is 0 Å². The van der Waals surface area contributed by atoms with E-state index >= 15 is 0 Å². The number of hydrogen-bond donors (Lipinski definition) is 1. The van der Waals surface area contributed by atoms with E-state index in [1.165, 1.54) is 0 Å². The van der Waals surface area contributed by atoms with Crippen molar-refractivity contribution in [1.29, 1.82) is 0 Å². The number of carbonyl (C=O) groups excluding carboxylic acids is 1. The number of rotatable bonds is 3. The van der Waals surface area contributed by atoms with Crippen LogP contribution in [0, 0.1) is 0 Å². The van der Waals surface area contributed by atoms with Crippen molar-refractivity contribution in [3.8, 4) is 0 Å². The second kappa shape index (κ2) is 3.62. The maximum absolute atomic E-state index is 12.0. The van der Waals surface area contributed by atoms with Gasteiger partial charge in [0, 0.05) is 24.6 Å². The Morgan fingerprint density at radius 2 is 2.13 bits per heavy atom. The largest absolute Gasteiger partial charge is 0.317 e. The van der Waals surface area contributed by atoms with Gasteiger partial charge in [-0.15, -0.1) is 0 Å². The zero-order valence-electron chi connectivity index (χ0n) is 8.81. The summed E-state index contributed by atoms with van der Waals surface area (Å²) >= 11 is 0. The van der Waals surface area contributed by atoms with Crippen LogP contribution in [0.1, 0.15) is 19.8 Å². The first-order chi connectivity index (χ1) is 7.17. The van der Waals surface area contributed by atoms with E-state index in [-0.39, 0.29) is 5.91 Å². The Morgan fingerprint density at radius 1 is 1.53 bits per heavy atom. The van der Waals surface area contributed by atoms with Crippen LogP contribution in [-0.2, 0) is 4.79 Å². The predicted molar refractivity (Wildman–Crippen MR) is 58.4 cm³/mol. The van der Waals surface area contributed by atoms with Gasteiger partial charge in [-0.25, -0.2) is 0 Å². The Bertz CT molecular complexity index is 359. The molecular weight excluding hydrogens is 190 g/mol. The van der Waals surface area contributed by atoms with E-state index in [9.17, 15) is 4.79 Å². The van der Waals surface area contributed by atoms with Crippen LogP contribution in [0.3, 0.4) is 0 Å². The molecule has 1 fully saturated rings. The molecule has 0 bridgehead atoms. The van der Waals surface area contributed by atoms with Gasteiger partial charge in [0.1, 0.15) is 0 Å². The van der Waals surface area contributed by atoms with Crippen molar-refractivity contribution in [2.45, 2.75) is 25.3 Å². The van der Waals surface area contributed by atoms with Gasteiger partial charge in [0.25, 0.3) is 0 Å². The summed E-state index contributed by atoms with van der Waals surface area (Å²) in [4.78, 5) is 17.7. The molecule has 1 amide bonds. The van der Waals surface area contributed by atoms with E-state index in [2.05, 4.69) is 4.98 Å². The number of likely N-dealkylation sites (N-methyl/N-ethyl adjacent to an activating group) is 1. The summed E-state index contributed by atoms with van der Waals surface area (Å²) in [7, 11) is 0. The highest BCUT2D eigenvalue weighted by molar-refractivity contribution is 6.01. The molecule has 15 heavy (non-hydrogen) atoms. The van der Waals surface area contributed by atoms with Gasteiger partial charge in [-0.1, -0.05) is 0 Å². The summed E-state index contributed by atoms with van der Waals surface area (Å²) in [5.41, 5.74) is 6.17. The lowest BCUT2D eigenvalue weighted by atomic mass is 10.2. The van der Waals surface area contributed by atoms with Crippen LogP contribution in [0.5, 0.6) is 0 Å². The zero-order chi connectivity index (χ0) is 10.9. The third-order valence-corrected chi connectivity index (χ3v) is 2.75. The van der Waals surface area contributed by atoms with Gasteiger partial charge in [-0.05, 0) is 31.9 Å². The standard InChI is InChI=1S/C11H15N3O/c1-2-14(9-3-7-13-8-4-9)10(15)11(12)5-6-11/h3-4,7-8H,2,5-6,12H2,1H3. The van der Waals surface area contributed by atoms with Crippen LogP contribution in [0.15, 0.2) is 24.5 Å². The van der Waals surface area contributed by atoms with Crippen LogP contribution in [-0.4, -0.2) is 23.0 Å². The molecule has 4 nitrogen and oxygen atoms in total. The summed E-state index contributed by atoms with van der Waals surface area (Å²) in [5.74, 6) is 0.0243. The Kier molecular flexibility index (Phi) is 2.44. The summed E-state index contributed by atoms with van der Waals surface area (Å²) < 4.78 is 0. The van der Waals surface area contributed by atoms with Gasteiger partial charge < -0.3 is 10.6 Å². The monoisotopic (exact) mass is 205 g/mol. The molecule has 1 saturated carbocycles. The summed E-state index contributed by atoms with van der Waals surface area (Å²) in [6, 6.07) is 3.65. The van der Waals surface area contributed by atoms with E-state index in [1.807, 2.05) is 19.1 Å². The first-order valence-corrected chi connectivity index (χ1v) is 5.18. The molecule has 0 radical (unpaired) electrons. The topological polar surface area (TPSA) is 59.2 Å². The number of carbonyl (C=O) groups is 1. The lowest BCUT2D eigenvalue weighted by molar-refractivity contribution is -0.120. The third-order valence-electron chi connectivity index (χ3n) is 2.75. The molecular formula is C11H15N3O. The molecule has 0 aromatic carbocycles. The molecule has 0 spiro atoms. The highest BCUT2D eigenvalue weighted by Gasteiger charge is 2.48. The summed E-state index contributed by atoms with van der Waals surface area (Å²) in [5, 5.41) is 0. The van der Waals surface area contributed by atoms with Gasteiger partial charge in [0.2, 0.25) is 5.91 Å². The lowest BCUT2D eigenvalue weighted by Gasteiger charge is -2.23. The van der Waals surface area contributed by atoms with E-state index in [1.54, 1.807) is 17.3 Å². The molecule has 0 atom stereocenters. The van der Waals surface area contributed by atoms with Gasteiger partial charge in [-0.2, -0.15) is 0 Å². The SMILES string of the molecule is CCN(C(=O)C1(N)CC1)c1ccncc1. The second-order valence-electron chi connectivity index (χ2n) is 3.91. The highest BCUT2D eigenvalue weighted by Crippen LogP contribution is 2.35. The number of nitrogens with two attached hydrogens (primary N) is 1. The van der Waals surface area contributed by atoms with Crippen LogP contribution < -0.4 is 10.6 Å². The zero-order valence-corrected chi connectivity index (χ0v) is 8.81. The Morgan fingerprint density at radius 3 is 2.60 bits per heavy atom. The fourth-order valence-corrected chi connectivity index (χ4v) is 1.58. The minimum absolute atomic E-state index is 0.0243. The maximum Gasteiger partial charge on any atom is 0.247 e. The van der Waals surface area contributed by atoms with Crippen molar-refractivity contribution in [1.82, 2.24) is 4.98 Å². The molecule has 0 aliphatic heterocycles. The van der Waals surface area contributed by atoms with Crippen molar-refractivity contribution < 1.29 is 4.79 Å². The number of nitrogens with zero attached hydrogens (tertiary/aromatic N) is 2. The molecule has 4 heteroatoms.